The Labute approximate surface area is 444 Å². The van der Waals surface area contributed by atoms with Gasteiger partial charge in [-0.3, -0.25) is 9.97 Å². The molecule has 0 fully saturated rings. The molecule has 0 aliphatic heterocycles. The third kappa shape index (κ3) is 10.2. The fourth-order valence-corrected chi connectivity index (χ4v) is 10.8. The van der Waals surface area contributed by atoms with E-state index in [-0.39, 0.29) is 21.7 Å². The number of nitrogens with zero attached hydrogens (tertiary/aromatic N) is 2. The van der Waals surface area contributed by atoms with Crippen LogP contribution in [0.4, 0.5) is 0 Å². The second-order valence-electron chi connectivity index (χ2n) is 24.9. The first-order chi connectivity index (χ1) is 34.9. The molecule has 2 aromatic heterocycles. The Balaban J connectivity index is 1.22. The van der Waals surface area contributed by atoms with Crippen LogP contribution < -0.4 is 0 Å². The van der Waals surface area contributed by atoms with Crippen LogP contribution in [-0.2, 0) is 21.7 Å². The molecular weight excluding hydrogens is 893 g/mol. The van der Waals surface area contributed by atoms with Gasteiger partial charge in [0, 0.05) is 23.5 Å². The molecule has 9 rings (SSSR count). The summed E-state index contributed by atoms with van der Waals surface area (Å²) < 4.78 is 0. The van der Waals surface area contributed by atoms with Gasteiger partial charge >= 0.3 is 0 Å². The van der Waals surface area contributed by atoms with Gasteiger partial charge in [0.05, 0.1) is 11.4 Å². The normalized spacial score (nSPS) is 12.3. The van der Waals surface area contributed by atoms with E-state index < -0.39 is 0 Å². The lowest BCUT2D eigenvalue weighted by molar-refractivity contribution is 0.589. The third-order valence-electron chi connectivity index (χ3n) is 15.6. The maximum absolute atomic E-state index is 4.94. The summed E-state index contributed by atoms with van der Waals surface area (Å²) in [5.74, 6) is 0. The van der Waals surface area contributed by atoms with E-state index in [1.807, 2.05) is 12.4 Å². The number of hydrogen-bond acceptors (Lipinski definition) is 2. The maximum atomic E-state index is 4.94. The summed E-state index contributed by atoms with van der Waals surface area (Å²) in [6, 6.07) is 59.2. The minimum atomic E-state index is -0.00357. The van der Waals surface area contributed by atoms with E-state index in [9.17, 15) is 0 Å². The van der Waals surface area contributed by atoms with Crippen LogP contribution in [0.15, 0.2) is 170 Å². The van der Waals surface area contributed by atoms with Gasteiger partial charge < -0.3 is 0 Å². The Morgan fingerprint density at radius 1 is 0.257 bits per heavy atom. The molecule has 2 heterocycles. The molecule has 2 heteroatoms. The Kier molecular flexibility index (Phi) is 13.7. The van der Waals surface area contributed by atoms with Crippen LogP contribution in [0.2, 0.25) is 0 Å². The summed E-state index contributed by atoms with van der Waals surface area (Å²) in [5, 5.41) is 0. The highest BCUT2D eigenvalue weighted by atomic mass is 14.7. The molecule has 0 unspecified atom stereocenters. The van der Waals surface area contributed by atoms with Gasteiger partial charge in [-0.25, -0.2) is 0 Å². The van der Waals surface area contributed by atoms with Gasteiger partial charge in [0.1, 0.15) is 0 Å². The zero-order chi connectivity index (χ0) is 53.1. The second kappa shape index (κ2) is 19.6. The predicted molar refractivity (Wildman–Crippen MR) is 319 cm³/mol. The topological polar surface area (TPSA) is 25.8 Å². The zero-order valence-corrected chi connectivity index (χ0v) is 47.1. The van der Waals surface area contributed by atoms with Gasteiger partial charge in [-0.1, -0.05) is 204 Å². The molecule has 2 nitrogen and oxygen atoms in total. The van der Waals surface area contributed by atoms with E-state index in [1.54, 1.807) is 0 Å². The average molecular weight is 969 g/mol. The lowest BCUT2D eigenvalue weighted by Gasteiger charge is -2.25. The van der Waals surface area contributed by atoms with Crippen molar-refractivity contribution in [3.8, 4) is 89.3 Å². The van der Waals surface area contributed by atoms with E-state index in [4.69, 9.17) is 9.97 Å². The van der Waals surface area contributed by atoms with Crippen LogP contribution >= 0.6 is 0 Å². The van der Waals surface area contributed by atoms with Crippen molar-refractivity contribution in [1.29, 1.82) is 0 Å². The average Bonchev–Trinajstić information content (AvgIpc) is 3.37. The van der Waals surface area contributed by atoms with Crippen molar-refractivity contribution in [2.75, 3.05) is 0 Å². The van der Waals surface area contributed by atoms with E-state index >= 15 is 0 Å². The van der Waals surface area contributed by atoms with Gasteiger partial charge in [-0.15, -0.1) is 0 Å². The van der Waals surface area contributed by atoms with Crippen molar-refractivity contribution in [1.82, 2.24) is 9.97 Å². The third-order valence-corrected chi connectivity index (χ3v) is 15.6. The summed E-state index contributed by atoms with van der Waals surface area (Å²) in [4.78, 5) is 9.88. The van der Waals surface area contributed by atoms with Crippen LogP contribution in [0.3, 0.4) is 0 Å². The van der Waals surface area contributed by atoms with Crippen molar-refractivity contribution >= 4 is 0 Å². The molecule has 374 valence electrons. The smallest absolute Gasteiger partial charge is 0.0705 e. The fraction of sp³-hybridized carbons (Fsp3) is 0.278. The summed E-state index contributed by atoms with van der Waals surface area (Å²) in [7, 11) is 0. The molecule has 0 spiro atoms. The maximum Gasteiger partial charge on any atom is 0.0705 e. The first kappa shape index (κ1) is 51.7. The number of aromatic nitrogens is 2. The predicted octanol–water partition coefficient (Wildman–Crippen LogP) is 20.2. The van der Waals surface area contributed by atoms with E-state index in [2.05, 4.69) is 269 Å². The summed E-state index contributed by atoms with van der Waals surface area (Å²) in [6.45, 7) is 36.7. The minimum Gasteiger partial charge on any atom is -0.256 e. The van der Waals surface area contributed by atoms with Crippen molar-refractivity contribution < 1.29 is 0 Å². The molecule has 0 radical (unpaired) electrons. The molecule has 0 aliphatic rings. The molecule has 0 bridgehead atoms. The Morgan fingerprint density at radius 2 is 0.568 bits per heavy atom. The molecular formula is C72H76N2. The highest BCUT2D eigenvalue weighted by molar-refractivity contribution is 5.99. The quantitative estimate of drug-likeness (QED) is 0.152. The first-order valence-electron chi connectivity index (χ1n) is 26.6. The number of pyridine rings is 2. The molecule has 0 atom stereocenters. The SMILES string of the molecule is Cc1c(C)c(-c2ccccc2-c2ccc(-c3cc(C(C)(C)C)ccn3)cc2-c2cccc(C(C)(C)C)c2)c(C)c(C)c1-c1ccccc1-c1ccc(-c2cc(C(C)(C)C)ccn2)cc1-c1cccc(C(C)(C)C)c1. The molecule has 9 aromatic rings. The first-order valence-corrected chi connectivity index (χ1v) is 26.6. The number of benzene rings is 7. The van der Waals surface area contributed by atoms with Gasteiger partial charge in [-0.2, -0.15) is 0 Å². The van der Waals surface area contributed by atoms with Crippen LogP contribution in [0.1, 0.15) is 128 Å². The van der Waals surface area contributed by atoms with Crippen molar-refractivity contribution in [2.24, 2.45) is 0 Å². The number of rotatable bonds is 8. The highest BCUT2D eigenvalue weighted by Crippen LogP contribution is 2.48. The zero-order valence-electron chi connectivity index (χ0n) is 47.1. The molecule has 0 amide bonds. The molecule has 7 aromatic carbocycles. The van der Waals surface area contributed by atoms with Gasteiger partial charge in [-0.05, 0) is 197 Å². The van der Waals surface area contributed by atoms with Crippen molar-refractivity contribution in [2.45, 2.75) is 132 Å². The molecule has 0 aliphatic carbocycles. The highest BCUT2D eigenvalue weighted by Gasteiger charge is 2.26. The Morgan fingerprint density at radius 3 is 0.905 bits per heavy atom. The molecule has 0 N–H and O–H groups in total. The fourth-order valence-electron chi connectivity index (χ4n) is 10.8. The van der Waals surface area contributed by atoms with Gasteiger partial charge in [0.25, 0.3) is 0 Å². The lowest BCUT2D eigenvalue weighted by atomic mass is 9.78. The Hall–Kier alpha value is -7.16. The molecule has 74 heavy (non-hydrogen) atoms. The van der Waals surface area contributed by atoms with E-state index in [0.29, 0.717) is 0 Å². The summed E-state index contributed by atoms with van der Waals surface area (Å²) in [5.41, 5.74) is 29.3. The minimum absolute atomic E-state index is 0.00357. The number of hydrogen-bond donors (Lipinski definition) is 0. The standard InChI is InChI=1S/C72H76N2/c1-45-46(2)68(62-30-20-18-28-58(62)60-34-32-52(66-44-56(36-38-74-66)72(14,15)16)42-64(60)50-24-22-26-54(40-50)70(8,9)10)48(4)47(3)67(45)61-29-19-17-27-57(61)59-33-31-51(65-43-55(35-37-73-65)71(11,12)13)41-63(59)49-23-21-25-53(39-49)69(5,6)7/h17-44H,1-16H3. The summed E-state index contributed by atoms with van der Waals surface area (Å²) in [6.07, 6.45) is 3.92. The van der Waals surface area contributed by atoms with E-state index in [1.165, 1.54) is 111 Å². The molecule has 0 saturated carbocycles. The largest absolute Gasteiger partial charge is 0.256 e. The van der Waals surface area contributed by atoms with Crippen LogP contribution in [0.25, 0.3) is 89.3 Å². The van der Waals surface area contributed by atoms with Gasteiger partial charge in [0.2, 0.25) is 0 Å². The van der Waals surface area contributed by atoms with Crippen LogP contribution in [0, 0.1) is 27.7 Å². The Bertz CT molecular complexity index is 3310. The second-order valence-corrected chi connectivity index (χ2v) is 24.9. The van der Waals surface area contributed by atoms with Crippen molar-refractivity contribution in [3.05, 3.63) is 215 Å². The lowest BCUT2D eigenvalue weighted by Crippen LogP contribution is -2.11. The molecule has 0 saturated heterocycles. The van der Waals surface area contributed by atoms with Crippen LogP contribution in [0.5, 0.6) is 0 Å². The van der Waals surface area contributed by atoms with Crippen LogP contribution in [-0.4, -0.2) is 9.97 Å². The van der Waals surface area contributed by atoms with Crippen molar-refractivity contribution in [3.63, 3.8) is 0 Å². The van der Waals surface area contributed by atoms with E-state index in [0.717, 1.165) is 22.5 Å². The van der Waals surface area contributed by atoms with Gasteiger partial charge in [0.15, 0.2) is 0 Å². The monoisotopic (exact) mass is 969 g/mol. The summed E-state index contributed by atoms with van der Waals surface area (Å²) >= 11 is 0.